The normalized spacial score (nSPS) is 37.1. The molecule has 1 rings (SSSR count). The first-order valence-corrected chi connectivity index (χ1v) is 4.13. The molecule has 0 spiro atoms. The van der Waals surface area contributed by atoms with Gasteiger partial charge in [0, 0.05) is 0 Å². The van der Waals surface area contributed by atoms with Gasteiger partial charge >= 0.3 is 0 Å². The molecule has 0 aromatic carbocycles. The van der Waals surface area contributed by atoms with Crippen molar-refractivity contribution < 1.29 is 14.9 Å². The number of ether oxygens (including phenoxy) is 1. The topological polar surface area (TPSA) is 49.7 Å². The highest BCUT2D eigenvalue weighted by Gasteiger charge is 2.30. The molecular formula is C8H16O3. The molecule has 0 radical (unpaired) electrons. The van der Waals surface area contributed by atoms with Gasteiger partial charge in [-0.2, -0.15) is 0 Å². The molecule has 0 amide bonds. The molecule has 4 atom stereocenters. The van der Waals surface area contributed by atoms with E-state index in [-0.39, 0.29) is 12.2 Å². The van der Waals surface area contributed by atoms with E-state index in [1.165, 1.54) is 0 Å². The third-order valence-electron chi connectivity index (χ3n) is 2.16. The van der Waals surface area contributed by atoms with Crippen LogP contribution in [0.5, 0.6) is 0 Å². The van der Waals surface area contributed by atoms with Crippen molar-refractivity contribution in [1.29, 1.82) is 0 Å². The molecule has 11 heavy (non-hydrogen) atoms. The first-order valence-electron chi connectivity index (χ1n) is 4.13. The number of aliphatic hydroxyl groups is 2. The minimum atomic E-state index is -0.418. The number of hydrogen-bond donors (Lipinski definition) is 2. The van der Waals surface area contributed by atoms with Crippen LogP contribution in [0.4, 0.5) is 0 Å². The van der Waals surface area contributed by atoms with Crippen molar-refractivity contribution >= 4 is 0 Å². The molecule has 3 nitrogen and oxygen atoms in total. The fourth-order valence-corrected chi connectivity index (χ4v) is 1.40. The van der Waals surface area contributed by atoms with Gasteiger partial charge in [-0.3, -0.25) is 0 Å². The summed E-state index contributed by atoms with van der Waals surface area (Å²) < 4.78 is 5.38. The zero-order chi connectivity index (χ0) is 8.43. The van der Waals surface area contributed by atoms with E-state index in [1.807, 2.05) is 0 Å². The van der Waals surface area contributed by atoms with Gasteiger partial charge in [0.1, 0.15) is 0 Å². The molecule has 3 heteroatoms. The third-order valence-corrected chi connectivity index (χ3v) is 2.16. The van der Waals surface area contributed by atoms with Crippen LogP contribution in [0.1, 0.15) is 26.7 Å². The molecule has 66 valence electrons. The first-order chi connectivity index (χ1) is 5.11. The van der Waals surface area contributed by atoms with Crippen LogP contribution in [-0.2, 0) is 4.74 Å². The summed E-state index contributed by atoms with van der Waals surface area (Å²) in [6.07, 6.45) is 0.724. The second-order valence-corrected chi connectivity index (χ2v) is 3.27. The molecule has 0 saturated carbocycles. The predicted octanol–water partition coefficient (Wildman–Crippen LogP) is 0.296. The van der Waals surface area contributed by atoms with Crippen molar-refractivity contribution in [2.45, 2.75) is 51.1 Å². The van der Waals surface area contributed by atoms with Crippen molar-refractivity contribution in [3.63, 3.8) is 0 Å². The zero-order valence-electron chi connectivity index (χ0n) is 7.03. The minimum absolute atomic E-state index is 0.0744. The fourth-order valence-electron chi connectivity index (χ4n) is 1.40. The first kappa shape index (κ1) is 8.97. The number of hydrogen-bond acceptors (Lipinski definition) is 3. The van der Waals surface area contributed by atoms with E-state index in [0.29, 0.717) is 0 Å². The standard InChI is InChI=1S/C8H16O3/c1-5(9)7-3-4-8(11-7)6(2)10/h5-10H,3-4H2,1-2H3/t5-,6+,7+,8-. The Morgan fingerprint density at radius 3 is 1.64 bits per heavy atom. The van der Waals surface area contributed by atoms with Crippen molar-refractivity contribution in [2.24, 2.45) is 0 Å². The van der Waals surface area contributed by atoms with Crippen molar-refractivity contribution in [3.05, 3.63) is 0 Å². The third kappa shape index (κ3) is 2.15. The molecule has 0 unspecified atom stereocenters. The van der Waals surface area contributed by atoms with Crippen LogP contribution < -0.4 is 0 Å². The molecule has 0 aromatic rings. The van der Waals surface area contributed by atoms with E-state index in [4.69, 9.17) is 14.9 Å². The second kappa shape index (κ2) is 3.52. The Bertz CT molecular complexity index is 109. The Balaban J connectivity index is 2.35. The minimum Gasteiger partial charge on any atom is -0.391 e. The van der Waals surface area contributed by atoms with Gasteiger partial charge in [0.2, 0.25) is 0 Å². The SMILES string of the molecule is C[C@H](O)[C@H]1CC[C@@H]([C@@H](C)O)O1. The Morgan fingerprint density at radius 1 is 1.09 bits per heavy atom. The van der Waals surface area contributed by atoms with Gasteiger partial charge in [0.05, 0.1) is 24.4 Å². The highest BCUT2D eigenvalue weighted by atomic mass is 16.5. The average Bonchev–Trinajstić information content (AvgIpc) is 2.33. The quantitative estimate of drug-likeness (QED) is 0.610. The van der Waals surface area contributed by atoms with Crippen molar-refractivity contribution in [2.75, 3.05) is 0 Å². The van der Waals surface area contributed by atoms with Crippen LogP contribution in [0.25, 0.3) is 0 Å². The molecule has 2 N–H and O–H groups in total. The van der Waals surface area contributed by atoms with E-state index in [1.54, 1.807) is 13.8 Å². The summed E-state index contributed by atoms with van der Waals surface area (Å²) in [6.45, 7) is 3.43. The van der Waals surface area contributed by atoms with Gasteiger partial charge in [-0.25, -0.2) is 0 Å². The lowest BCUT2D eigenvalue weighted by Crippen LogP contribution is -2.27. The van der Waals surface area contributed by atoms with Crippen LogP contribution in [-0.4, -0.2) is 34.6 Å². The van der Waals surface area contributed by atoms with Crippen LogP contribution in [0.2, 0.25) is 0 Å². The fraction of sp³-hybridized carbons (Fsp3) is 1.00. The Labute approximate surface area is 67.0 Å². The second-order valence-electron chi connectivity index (χ2n) is 3.27. The molecule has 0 aliphatic carbocycles. The Morgan fingerprint density at radius 2 is 1.45 bits per heavy atom. The van der Waals surface area contributed by atoms with Crippen molar-refractivity contribution in [3.8, 4) is 0 Å². The van der Waals surface area contributed by atoms with E-state index in [2.05, 4.69) is 0 Å². The van der Waals surface area contributed by atoms with Gasteiger partial charge in [-0.15, -0.1) is 0 Å². The summed E-state index contributed by atoms with van der Waals surface area (Å²) in [5.74, 6) is 0. The molecule has 1 aliphatic heterocycles. The summed E-state index contributed by atoms with van der Waals surface area (Å²) in [4.78, 5) is 0. The molecular weight excluding hydrogens is 144 g/mol. The Hall–Kier alpha value is -0.120. The molecule has 1 heterocycles. The molecule has 0 aromatic heterocycles. The zero-order valence-corrected chi connectivity index (χ0v) is 7.03. The average molecular weight is 160 g/mol. The molecule has 1 fully saturated rings. The van der Waals surface area contributed by atoms with Crippen LogP contribution in [0.3, 0.4) is 0 Å². The van der Waals surface area contributed by atoms with Gasteiger partial charge in [-0.1, -0.05) is 0 Å². The van der Waals surface area contributed by atoms with E-state index < -0.39 is 12.2 Å². The van der Waals surface area contributed by atoms with Gasteiger partial charge in [0.15, 0.2) is 0 Å². The highest BCUT2D eigenvalue weighted by molar-refractivity contribution is 4.79. The number of rotatable bonds is 2. The number of aliphatic hydroxyl groups excluding tert-OH is 2. The van der Waals surface area contributed by atoms with Gasteiger partial charge in [-0.05, 0) is 26.7 Å². The lowest BCUT2D eigenvalue weighted by Gasteiger charge is -2.17. The summed E-state index contributed by atoms with van der Waals surface area (Å²) >= 11 is 0. The van der Waals surface area contributed by atoms with Gasteiger partial charge < -0.3 is 14.9 Å². The maximum atomic E-state index is 9.15. The largest absolute Gasteiger partial charge is 0.391 e. The molecule has 1 saturated heterocycles. The van der Waals surface area contributed by atoms with E-state index in [0.717, 1.165) is 12.8 Å². The summed E-state index contributed by atoms with van der Waals surface area (Å²) in [5.41, 5.74) is 0. The smallest absolute Gasteiger partial charge is 0.0837 e. The summed E-state index contributed by atoms with van der Waals surface area (Å²) in [7, 11) is 0. The van der Waals surface area contributed by atoms with E-state index in [9.17, 15) is 0 Å². The lowest BCUT2D eigenvalue weighted by molar-refractivity contribution is -0.0651. The van der Waals surface area contributed by atoms with Crippen LogP contribution >= 0.6 is 0 Å². The molecule has 1 aliphatic rings. The van der Waals surface area contributed by atoms with Crippen LogP contribution in [0, 0.1) is 0 Å². The molecule has 0 bridgehead atoms. The van der Waals surface area contributed by atoms with Crippen molar-refractivity contribution in [1.82, 2.24) is 0 Å². The monoisotopic (exact) mass is 160 g/mol. The highest BCUT2D eigenvalue weighted by Crippen LogP contribution is 2.23. The lowest BCUT2D eigenvalue weighted by atomic mass is 10.1. The summed E-state index contributed by atoms with van der Waals surface area (Å²) in [6, 6.07) is 0. The van der Waals surface area contributed by atoms with E-state index >= 15 is 0 Å². The maximum absolute atomic E-state index is 9.15. The predicted molar refractivity (Wildman–Crippen MR) is 41.3 cm³/mol. The van der Waals surface area contributed by atoms with Crippen LogP contribution in [0.15, 0.2) is 0 Å². The summed E-state index contributed by atoms with van der Waals surface area (Å²) in [5, 5.41) is 18.3. The van der Waals surface area contributed by atoms with Gasteiger partial charge in [0.25, 0.3) is 0 Å². The Kier molecular flexibility index (Phi) is 2.87. The maximum Gasteiger partial charge on any atom is 0.0837 e.